The van der Waals surface area contributed by atoms with Gasteiger partial charge in [0.2, 0.25) is 15.5 Å². The number of aromatic nitrogens is 1. The molecule has 0 bridgehead atoms. The van der Waals surface area contributed by atoms with E-state index in [9.17, 15) is 13.2 Å². The number of pyridine rings is 1. The Labute approximate surface area is 93.9 Å². The van der Waals surface area contributed by atoms with Crippen molar-refractivity contribution in [3.8, 4) is 0 Å². The molecule has 16 heavy (non-hydrogen) atoms. The van der Waals surface area contributed by atoms with E-state index >= 15 is 0 Å². The molecule has 1 fully saturated rings. The molecule has 5 nitrogen and oxygen atoms in total. The summed E-state index contributed by atoms with van der Waals surface area (Å²) in [5, 5.41) is 0. The van der Waals surface area contributed by atoms with E-state index < -0.39 is 15.5 Å². The third kappa shape index (κ3) is 2.03. The second-order valence-corrected chi connectivity index (χ2v) is 6.42. The highest BCUT2D eigenvalue weighted by Crippen LogP contribution is 2.45. The zero-order valence-electron chi connectivity index (χ0n) is 9.15. The molecule has 0 spiro atoms. The molecule has 0 aliphatic heterocycles. The zero-order valence-corrected chi connectivity index (χ0v) is 9.97. The minimum absolute atomic E-state index is 0.00534. The average molecular weight is 242 g/mol. The summed E-state index contributed by atoms with van der Waals surface area (Å²) in [7, 11) is -3.69. The predicted molar refractivity (Wildman–Crippen MR) is 59.6 cm³/mol. The van der Waals surface area contributed by atoms with E-state index in [1.807, 2.05) is 13.8 Å². The molecule has 1 aliphatic rings. The molecule has 1 aromatic rings. The number of nitrogens with one attached hydrogen (secondary N) is 2. The van der Waals surface area contributed by atoms with Gasteiger partial charge < -0.3 is 4.98 Å². The molecule has 1 aliphatic carbocycles. The summed E-state index contributed by atoms with van der Waals surface area (Å²) in [5.74, 6) is 0. The SMILES string of the molecule is CC1(C)CC1NS(=O)(=O)c1c[nH]ccc1=O. The Morgan fingerprint density at radius 1 is 1.50 bits per heavy atom. The van der Waals surface area contributed by atoms with Gasteiger partial charge in [-0.3, -0.25) is 4.79 Å². The fraction of sp³-hybridized carbons (Fsp3) is 0.500. The lowest BCUT2D eigenvalue weighted by Gasteiger charge is -2.07. The predicted octanol–water partition coefficient (Wildman–Crippen LogP) is 0.452. The van der Waals surface area contributed by atoms with Gasteiger partial charge in [0, 0.05) is 24.5 Å². The van der Waals surface area contributed by atoms with Crippen LogP contribution in [0.1, 0.15) is 20.3 Å². The van der Waals surface area contributed by atoms with E-state index in [1.165, 1.54) is 18.5 Å². The van der Waals surface area contributed by atoms with Crippen molar-refractivity contribution in [2.24, 2.45) is 5.41 Å². The molecular weight excluding hydrogens is 228 g/mol. The van der Waals surface area contributed by atoms with Crippen molar-refractivity contribution in [2.45, 2.75) is 31.2 Å². The summed E-state index contributed by atoms with van der Waals surface area (Å²) >= 11 is 0. The van der Waals surface area contributed by atoms with Crippen molar-refractivity contribution in [3.63, 3.8) is 0 Å². The standard InChI is InChI=1S/C10H14N2O3S/c1-10(2)5-9(10)12-16(14,15)8-6-11-4-3-7(8)13/h3-4,6,9,12H,5H2,1-2H3,(H,11,13). The Hall–Kier alpha value is -1.14. The fourth-order valence-electron chi connectivity index (χ4n) is 1.53. The van der Waals surface area contributed by atoms with Crippen LogP contribution in [-0.2, 0) is 10.0 Å². The molecule has 1 unspecified atom stereocenters. The fourth-order valence-corrected chi connectivity index (χ4v) is 2.99. The molecular formula is C10H14N2O3S. The van der Waals surface area contributed by atoms with Crippen LogP contribution in [0.15, 0.2) is 28.2 Å². The molecule has 1 aromatic heterocycles. The molecule has 1 atom stereocenters. The third-order valence-electron chi connectivity index (χ3n) is 2.89. The van der Waals surface area contributed by atoms with Gasteiger partial charge in [-0.15, -0.1) is 0 Å². The van der Waals surface area contributed by atoms with E-state index in [2.05, 4.69) is 9.71 Å². The van der Waals surface area contributed by atoms with Crippen molar-refractivity contribution in [1.29, 1.82) is 0 Å². The van der Waals surface area contributed by atoms with Crippen LogP contribution in [0.5, 0.6) is 0 Å². The summed E-state index contributed by atoms with van der Waals surface area (Å²) < 4.78 is 26.2. The Bertz CT molecular complexity index is 559. The topological polar surface area (TPSA) is 79.0 Å². The van der Waals surface area contributed by atoms with E-state index in [1.54, 1.807) is 0 Å². The maximum absolute atomic E-state index is 11.9. The molecule has 0 amide bonds. The molecule has 2 rings (SSSR count). The smallest absolute Gasteiger partial charge is 0.246 e. The minimum atomic E-state index is -3.69. The van der Waals surface area contributed by atoms with Gasteiger partial charge in [-0.2, -0.15) is 0 Å². The second-order valence-electron chi connectivity index (χ2n) is 4.74. The van der Waals surface area contributed by atoms with Gasteiger partial charge in [0.15, 0.2) is 0 Å². The van der Waals surface area contributed by atoms with Crippen molar-refractivity contribution < 1.29 is 8.42 Å². The third-order valence-corrected chi connectivity index (χ3v) is 4.38. The Balaban J connectivity index is 2.28. The molecule has 1 heterocycles. The lowest BCUT2D eigenvalue weighted by molar-refractivity contribution is 0.554. The number of aromatic amines is 1. The number of hydrogen-bond acceptors (Lipinski definition) is 3. The first-order valence-corrected chi connectivity index (χ1v) is 6.51. The minimum Gasteiger partial charge on any atom is -0.366 e. The molecule has 88 valence electrons. The second kappa shape index (κ2) is 3.43. The quantitative estimate of drug-likeness (QED) is 0.807. The van der Waals surface area contributed by atoms with E-state index in [0.717, 1.165) is 6.42 Å². The van der Waals surface area contributed by atoms with Gasteiger partial charge in [0.05, 0.1) is 0 Å². The van der Waals surface area contributed by atoms with Crippen LogP contribution in [0.2, 0.25) is 0 Å². The van der Waals surface area contributed by atoms with Crippen LogP contribution in [0.3, 0.4) is 0 Å². The van der Waals surface area contributed by atoms with Gasteiger partial charge in [0.1, 0.15) is 4.90 Å². The first-order valence-electron chi connectivity index (χ1n) is 5.02. The summed E-state index contributed by atoms with van der Waals surface area (Å²) in [6.07, 6.45) is 3.42. The Kier molecular flexibility index (Phi) is 2.43. The molecule has 0 radical (unpaired) electrons. The van der Waals surface area contributed by atoms with E-state index in [4.69, 9.17) is 0 Å². The van der Waals surface area contributed by atoms with E-state index in [0.29, 0.717) is 0 Å². The number of sulfonamides is 1. The van der Waals surface area contributed by atoms with Crippen molar-refractivity contribution >= 4 is 10.0 Å². The van der Waals surface area contributed by atoms with Crippen molar-refractivity contribution in [1.82, 2.24) is 9.71 Å². The number of H-pyrrole nitrogens is 1. The van der Waals surface area contributed by atoms with Crippen molar-refractivity contribution in [3.05, 3.63) is 28.7 Å². The van der Waals surface area contributed by atoms with Gasteiger partial charge in [-0.25, -0.2) is 13.1 Å². The maximum Gasteiger partial charge on any atom is 0.246 e. The molecule has 0 saturated heterocycles. The number of hydrogen-bond donors (Lipinski definition) is 2. The van der Waals surface area contributed by atoms with Crippen LogP contribution in [0.25, 0.3) is 0 Å². The first kappa shape index (κ1) is 11.3. The molecule has 0 aromatic carbocycles. The summed E-state index contributed by atoms with van der Waals surface area (Å²) in [5.41, 5.74) is -0.501. The van der Waals surface area contributed by atoms with Gasteiger partial charge in [0.25, 0.3) is 0 Å². The first-order chi connectivity index (χ1) is 7.33. The van der Waals surface area contributed by atoms with Crippen molar-refractivity contribution in [2.75, 3.05) is 0 Å². The molecule has 1 saturated carbocycles. The van der Waals surface area contributed by atoms with E-state index in [-0.39, 0.29) is 16.4 Å². The average Bonchev–Trinajstić information content (AvgIpc) is 2.72. The van der Waals surface area contributed by atoms with Crippen LogP contribution >= 0.6 is 0 Å². The van der Waals surface area contributed by atoms with Crippen LogP contribution < -0.4 is 10.2 Å². The molecule has 6 heteroatoms. The number of rotatable bonds is 3. The summed E-state index contributed by atoms with van der Waals surface area (Å²) in [4.78, 5) is 13.8. The van der Waals surface area contributed by atoms with Gasteiger partial charge in [-0.1, -0.05) is 13.8 Å². The van der Waals surface area contributed by atoms with Crippen LogP contribution in [0.4, 0.5) is 0 Å². The van der Waals surface area contributed by atoms with Crippen LogP contribution in [-0.4, -0.2) is 19.4 Å². The van der Waals surface area contributed by atoms with Crippen LogP contribution in [0, 0.1) is 5.41 Å². The molecule has 2 N–H and O–H groups in total. The maximum atomic E-state index is 11.9. The highest BCUT2D eigenvalue weighted by atomic mass is 32.2. The van der Waals surface area contributed by atoms with Gasteiger partial charge >= 0.3 is 0 Å². The lowest BCUT2D eigenvalue weighted by Crippen LogP contribution is -2.31. The normalized spacial score (nSPS) is 23.0. The Morgan fingerprint density at radius 2 is 2.12 bits per heavy atom. The summed E-state index contributed by atoms with van der Waals surface area (Å²) in [6.45, 7) is 3.96. The zero-order chi connectivity index (χ0) is 12.0. The monoisotopic (exact) mass is 242 g/mol. The van der Waals surface area contributed by atoms with Gasteiger partial charge in [-0.05, 0) is 11.8 Å². The highest BCUT2D eigenvalue weighted by molar-refractivity contribution is 7.89. The largest absolute Gasteiger partial charge is 0.366 e. The lowest BCUT2D eigenvalue weighted by atomic mass is 10.2. The Morgan fingerprint density at radius 3 is 2.62 bits per heavy atom. The summed E-state index contributed by atoms with van der Waals surface area (Å²) in [6, 6.07) is 1.13. The highest BCUT2D eigenvalue weighted by Gasteiger charge is 2.48.